The summed E-state index contributed by atoms with van der Waals surface area (Å²) in [6.07, 6.45) is 0.659. The Bertz CT molecular complexity index is 372. The number of aryl methyl sites for hydroxylation is 1. The quantitative estimate of drug-likeness (QED) is 0.509. The Kier molecular flexibility index (Phi) is 4.92. The fraction of sp³-hybridized carbons (Fsp3) is 0.600. The van der Waals surface area contributed by atoms with Gasteiger partial charge in [0.15, 0.2) is 5.69 Å². The summed E-state index contributed by atoms with van der Waals surface area (Å²) in [6.45, 7) is 1.85. The molecule has 0 spiro atoms. The molecule has 1 amide bonds. The zero-order chi connectivity index (χ0) is 12.8. The van der Waals surface area contributed by atoms with Crippen molar-refractivity contribution in [2.45, 2.75) is 13.3 Å². The average molecular weight is 242 g/mol. The minimum Gasteiger partial charge on any atom is -0.395 e. The van der Waals surface area contributed by atoms with Crippen molar-refractivity contribution >= 4 is 11.6 Å². The van der Waals surface area contributed by atoms with E-state index >= 15 is 0 Å². The first-order chi connectivity index (χ1) is 8.15. The second-order valence-corrected chi connectivity index (χ2v) is 3.56. The summed E-state index contributed by atoms with van der Waals surface area (Å²) in [6, 6.07) is 0. The number of aliphatic hydroxyl groups excluding tert-OH is 2. The summed E-state index contributed by atoms with van der Waals surface area (Å²) in [7, 11) is 0. The van der Waals surface area contributed by atoms with Crippen LogP contribution in [0.15, 0.2) is 0 Å². The van der Waals surface area contributed by atoms with Crippen molar-refractivity contribution < 1.29 is 15.0 Å². The van der Waals surface area contributed by atoms with Gasteiger partial charge in [0.1, 0.15) is 0 Å². The molecule has 1 heterocycles. The lowest BCUT2D eigenvalue weighted by molar-refractivity contribution is 0.0680. The lowest BCUT2D eigenvalue weighted by Gasteiger charge is -2.19. The fourth-order valence-corrected chi connectivity index (χ4v) is 1.53. The molecule has 0 atom stereocenters. The molecule has 0 unspecified atom stereocenters. The summed E-state index contributed by atoms with van der Waals surface area (Å²) in [5, 5.41) is 24.3. The van der Waals surface area contributed by atoms with Crippen LogP contribution in [0.4, 0.5) is 5.69 Å². The fourth-order valence-electron chi connectivity index (χ4n) is 1.53. The second kappa shape index (κ2) is 6.21. The van der Waals surface area contributed by atoms with E-state index in [1.807, 2.05) is 6.92 Å². The first kappa shape index (κ1) is 13.5. The third-order valence-corrected chi connectivity index (χ3v) is 2.47. The first-order valence-electron chi connectivity index (χ1n) is 5.49. The van der Waals surface area contributed by atoms with Crippen molar-refractivity contribution in [2.75, 3.05) is 32.0 Å². The van der Waals surface area contributed by atoms with Gasteiger partial charge in [-0.05, 0) is 6.42 Å². The number of anilines is 1. The van der Waals surface area contributed by atoms with Crippen LogP contribution in [0.2, 0.25) is 0 Å². The number of carbonyl (C=O) groups excluding carboxylic acids is 1. The maximum absolute atomic E-state index is 12.0. The molecule has 7 heteroatoms. The third kappa shape index (κ3) is 2.95. The van der Waals surface area contributed by atoms with Crippen LogP contribution >= 0.6 is 0 Å². The van der Waals surface area contributed by atoms with Crippen LogP contribution in [0.3, 0.4) is 0 Å². The number of hydrogen-bond acceptors (Lipinski definition) is 5. The van der Waals surface area contributed by atoms with Gasteiger partial charge in [-0.15, -0.1) is 0 Å². The molecule has 0 aromatic carbocycles. The molecule has 0 radical (unpaired) electrons. The number of nitrogen functional groups attached to an aromatic ring is 1. The number of aliphatic hydroxyl groups is 2. The van der Waals surface area contributed by atoms with Crippen LogP contribution in [0, 0.1) is 0 Å². The van der Waals surface area contributed by atoms with Crippen molar-refractivity contribution in [1.82, 2.24) is 15.1 Å². The van der Waals surface area contributed by atoms with Crippen LogP contribution in [-0.4, -0.2) is 57.5 Å². The van der Waals surface area contributed by atoms with Gasteiger partial charge in [-0.2, -0.15) is 5.10 Å². The van der Waals surface area contributed by atoms with Gasteiger partial charge in [-0.1, -0.05) is 6.92 Å². The van der Waals surface area contributed by atoms with Crippen molar-refractivity contribution in [1.29, 1.82) is 0 Å². The highest BCUT2D eigenvalue weighted by Gasteiger charge is 2.21. The van der Waals surface area contributed by atoms with Crippen LogP contribution in [-0.2, 0) is 6.42 Å². The van der Waals surface area contributed by atoms with E-state index in [0.29, 0.717) is 17.8 Å². The molecular weight excluding hydrogens is 224 g/mol. The highest BCUT2D eigenvalue weighted by Crippen LogP contribution is 2.16. The number of nitrogens with zero attached hydrogens (tertiary/aromatic N) is 2. The first-order valence-corrected chi connectivity index (χ1v) is 5.49. The second-order valence-electron chi connectivity index (χ2n) is 3.56. The molecule has 7 nitrogen and oxygen atoms in total. The molecule has 0 aliphatic carbocycles. The van der Waals surface area contributed by atoms with Gasteiger partial charge in [0, 0.05) is 13.1 Å². The van der Waals surface area contributed by atoms with E-state index in [-0.39, 0.29) is 37.9 Å². The minimum atomic E-state index is -0.387. The lowest BCUT2D eigenvalue weighted by atomic mass is 10.2. The Morgan fingerprint density at radius 2 is 2.00 bits per heavy atom. The van der Waals surface area contributed by atoms with E-state index in [9.17, 15) is 4.79 Å². The molecule has 1 aromatic rings. The third-order valence-electron chi connectivity index (χ3n) is 2.47. The zero-order valence-corrected chi connectivity index (χ0v) is 9.81. The number of amides is 1. The molecule has 0 aliphatic rings. The Morgan fingerprint density at radius 1 is 1.41 bits per heavy atom. The number of H-pyrrole nitrogens is 1. The van der Waals surface area contributed by atoms with E-state index in [2.05, 4.69) is 10.2 Å². The number of rotatable bonds is 6. The van der Waals surface area contributed by atoms with Gasteiger partial charge in [-0.3, -0.25) is 9.89 Å². The number of carbonyl (C=O) groups is 1. The van der Waals surface area contributed by atoms with Gasteiger partial charge in [0.2, 0.25) is 0 Å². The molecule has 5 N–H and O–H groups in total. The molecule has 0 fully saturated rings. The molecule has 0 saturated carbocycles. The molecule has 1 rings (SSSR count). The van der Waals surface area contributed by atoms with Gasteiger partial charge in [0.25, 0.3) is 5.91 Å². The Morgan fingerprint density at radius 3 is 2.41 bits per heavy atom. The molecule has 0 bridgehead atoms. The topological polar surface area (TPSA) is 115 Å². The molecular formula is C10H18N4O3. The van der Waals surface area contributed by atoms with Crippen LogP contribution in [0.1, 0.15) is 23.1 Å². The van der Waals surface area contributed by atoms with Gasteiger partial charge in [-0.25, -0.2) is 0 Å². The zero-order valence-electron chi connectivity index (χ0n) is 9.81. The standard InChI is InChI=1S/C10H18N4O3/c1-2-7-8(11)9(13-12-7)10(17)14(3-5-15)4-6-16/h15-16H,2-6,11H2,1H3,(H,12,13). The van der Waals surface area contributed by atoms with Crippen molar-refractivity contribution in [2.24, 2.45) is 0 Å². The smallest absolute Gasteiger partial charge is 0.276 e. The maximum atomic E-state index is 12.0. The van der Waals surface area contributed by atoms with E-state index < -0.39 is 0 Å². The van der Waals surface area contributed by atoms with E-state index in [1.165, 1.54) is 4.90 Å². The highest BCUT2D eigenvalue weighted by atomic mass is 16.3. The van der Waals surface area contributed by atoms with Crippen LogP contribution in [0.5, 0.6) is 0 Å². The molecule has 0 aliphatic heterocycles. The van der Waals surface area contributed by atoms with Crippen molar-refractivity contribution in [3.05, 3.63) is 11.4 Å². The normalized spacial score (nSPS) is 10.5. The number of aromatic amines is 1. The summed E-state index contributed by atoms with van der Waals surface area (Å²) in [5.41, 5.74) is 6.96. The predicted molar refractivity (Wildman–Crippen MR) is 62.5 cm³/mol. The molecule has 96 valence electrons. The summed E-state index contributed by atoms with van der Waals surface area (Å²) >= 11 is 0. The Balaban J connectivity index is 2.88. The van der Waals surface area contributed by atoms with Gasteiger partial charge >= 0.3 is 0 Å². The van der Waals surface area contributed by atoms with Crippen LogP contribution < -0.4 is 5.73 Å². The van der Waals surface area contributed by atoms with Gasteiger partial charge < -0.3 is 20.8 Å². The van der Waals surface area contributed by atoms with Crippen molar-refractivity contribution in [3.63, 3.8) is 0 Å². The number of nitrogens with two attached hydrogens (primary N) is 1. The Hall–Kier alpha value is -1.60. The summed E-state index contributed by atoms with van der Waals surface area (Å²) in [4.78, 5) is 13.3. The average Bonchev–Trinajstić information content (AvgIpc) is 2.69. The Labute approximate surface area is 99.2 Å². The highest BCUT2D eigenvalue weighted by molar-refractivity contribution is 5.97. The molecule has 0 saturated heterocycles. The minimum absolute atomic E-state index is 0.142. The largest absolute Gasteiger partial charge is 0.395 e. The van der Waals surface area contributed by atoms with E-state index in [4.69, 9.17) is 15.9 Å². The lowest BCUT2D eigenvalue weighted by Crippen LogP contribution is -2.36. The number of aromatic nitrogens is 2. The molecule has 1 aromatic heterocycles. The summed E-state index contributed by atoms with van der Waals surface area (Å²) in [5.74, 6) is -0.387. The molecule has 17 heavy (non-hydrogen) atoms. The number of hydrogen-bond donors (Lipinski definition) is 4. The van der Waals surface area contributed by atoms with Crippen LogP contribution in [0.25, 0.3) is 0 Å². The predicted octanol–water partition coefficient (Wildman–Crippen LogP) is -1.02. The summed E-state index contributed by atoms with van der Waals surface area (Å²) < 4.78 is 0. The van der Waals surface area contributed by atoms with Crippen molar-refractivity contribution in [3.8, 4) is 0 Å². The van der Waals surface area contributed by atoms with Gasteiger partial charge in [0.05, 0.1) is 24.6 Å². The van der Waals surface area contributed by atoms with E-state index in [1.54, 1.807) is 0 Å². The maximum Gasteiger partial charge on any atom is 0.276 e. The number of nitrogens with one attached hydrogen (secondary N) is 1. The monoisotopic (exact) mass is 242 g/mol. The SMILES string of the molecule is CCc1[nH]nc(C(=O)N(CCO)CCO)c1N. The van der Waals surface area contributed by atoms with E-state index in [0.717, 1.165) is 0 Å².